The molecule has 1 aromatic carbocycles. The summed E-state index contributed by atoms with van der Waals surface area (Å²) >= 11 is 0. The van der Waals surface area contributed by atoms with Crippen LogP contribution in [0.3, 0.4) is 0 Å². The summed E-state index contributed by atoms with van der Waals surface area (Å²) in [6.07, 6.45) is 4.01. The second kappa shape index (κ2) is 6.68. The van der Waals surface area contributed by atoms with Gasteiger partial charge in [0.1, 0.15) is 6.04 Å². The molecule has 19 heavy (non-hydrogen) atoms. The molecule has 1 aromatic rings. The summed E-state index contributed by atoms with van der Waals surface area (Å²) in [5.41, 5.74) is 6.11. The Morgan fingerprint density at radius 1 is 1.32 bits per heavy atom. The van der Waals surface area contributed by atoms with E-state index in [1.807, 2.05) is 37.3 Å². The van der Waals surface area contributed by atoms with Crippen molar-refractivity contribution < 1.29 is 9.53 Å². The van der Waals surface area contributed by atoms with E-state index in [2.05, 4.69) is 25.2 Å². The van der Waals surface area contributed by atoms with Crippen molar-refractivity contribution in [3.05, 3.63) is 42.5 Å². The van der Waals surface area contributed by atoms with Crippen LogP contribution in [-0.4, -0.2) is 27.2 Å². The molecule has 0 aliphatic rings. The van der Waals surface area contributed by atoms with Gasteiger partial charge in [-0.15, -0.1) is 0 Å². The fraction of sp³-hybridized carbons (Fsp3) is 0.400. The van der Waals surface area contributed by atoms with Gasteiger partial charge in [0.2, 0.25) is 0 Å². The molecule has 0 fully saturated rings. The van der Waals surface area contributed by atoms with Crippen LogP contribution in [0.15, 0.2) is 42.5 Å². The third-order valence-corrected chi connectivity index (χ3v) is 7.65. The zero-order valence-electron chi connectivity index (χ0n) is 12.1. The number of carbonyl (C=O) groups excluding carboxylic acids is 1. The first kappa shape index (κ1) is 15.7. The van der Waals surface area contributed by atoms with Crippen LogP contribution >= 0.6 is 0 Å². The zero-order valence-corrected chi connectivity index (χ0v) is 13.1. The summed E-state index contributed by atoms with van der Waals surface area (Å²) < 4.78 is 4.79. The number of hydrogen-bond donors (Lipinski definition) is 1. The molecule has 1 unspecified atom stereocenters. The van der Waals surface area contributed by atoms with Crippen molar-refractivity contribution in [2.45, 2.75) is 31.6 Å². The first-order chi connectivity index (χ1) is 8.95. The average Bonchev–Trinajstić information content (AvgIpc) is 2.43. The van der Waals surface area contributed by atoms with Crippen molar-refractivity contribution in [2.75, 3.05) is 7.11 Å². The first-order valence-electron chi connectivity index (χ1n) is 6.47. The van der Waals surface area contributed by atoms with Gasteiger partial charge in [0.25, 0.3) is 0 Å². The second-order valence-corrected chi connectivity index (χ2v) is 9.88. The topological polar surface area (TPSA) is 52.3 Å². The Morgan fingerprint density at radius 3 is 2.37 bits per heavy atom. The van der Waals surface area contributed by atoms with Crippen LogP contribution in [0.4, 0.5) is 0 Å². The number of ether oxygens (including phenoxy) is 1. The van der Waals surface area contributed by atoms with Crippen molar-refractivity contribution in [3.63, 3.8) is 0 Å². The summed E-state index contributed by atoms with van der Waals surface area (Å²) in [5.74, 6) is -0.348. The van der Waals surface area contributed by atoms with E-state index in [4.69, 9.17) is 10.5 Å². The highest BCUT2D eigenvalue weighted by molar-refractivity contribution is 6.91. The molecule has 3 nitrogen and oxygen atoms in total. The highest BCUT2D eigenvalue weighted by Gasteiger charge is 2.39. The Labute approximate surface area is 116 Å². The number of benzene rings is 1. The molecule has 2 N–H and O–H groups in total. The molecule has 0 saturated heterocycles. The number of esters is 1. The molecule has 0 saturated carbocycles. The molecule has 4 heteroatoms. The van der Waals surface area contributed by atoms with Gasteiger partial charge in [-0.3, -0.25) is 4.79 Å². The summed E-state index contributed by atoms with van der Waals surface area (Å²) in [4.78, 5) is 11.7. The Balaban J connectivity index is 3.14. The molecule has 0 heterocycles. The van der Waals surface area contributed by atoms with Gasteiger partial charge in [-0.2, -0.15) is 0 Å². The maximum atomic E-state index is 11.7. The fourth-order valence-electron chi connectivity index (χ4n) is 2.36. The Hall–Kier alpha value is -1.39. The standard InChI is InChI=1S/C15H23NO2Si/c1-5-9-13(14(16)15(17)18-2)19(3,4)12-10-7-6-8-11-12/h5-11,13-14H,16H2,1-4H3/b9-5+/t13-,14?/m0/s1. The van der Waals surface area contributed by atoms with Gasteiger partial charge in [-0.25, -0.2) is 0 Å². The molecule has 104 valence electrons. The zero-order chi connectivity index (χ0) is 14.5. The van der Waals surface area contributed by atoms with E-state index >= 15 is 0 Å². The highest BCUT2D eigenvalue weighted by atomic mass is 28.3. The van der Waals surface area contributed by atoms with E-state index in [0.717, 1.165) is 0 Å². The van der Waals surface area contributed by atoms with Gasteiger partial charge >= 0.3 is 5.97 Å². The average molecular weight is 277 g/mol. The summed E-state index contributed by atoms with van der Waals surface area (Å²) in [6, 6.07) is 9.68. The molecular formula is C15H23NO2Si. The second-order valence-electron chi connectivity index (χ2n) is 5.19. The monoisotopic (exact) mass is 277 g/mol. The Morgan fingerprint density at radius 2 is 1.89 bits per heavy atom. The van der Waals surface area contributed by atoms with Crippen LogP contribution in [0.25, 0.3) is 0 Å². The molecule has 0 aliphatic heterocycles. The van der Waals surface area contributed by atoms with Crippen molar-refractivity contribution in [1.29, 1.82) is 0 Å². The van der Waals surface area contributed by atoms with Crippen LogP contribution < -0.4 is 10.9 Å². The maximum Gasteiger partial charge on any atom is 0.322 e. The van der Waals surface area contributed by atoms with Crippen LogP contribution in [0.2, 0.25) is 18.6 Å². The van der Waals surface area contributed by atoms with Gasteiger partial charge in [0, 0.05) is 5.54 Å². The van der Waals surface area contributed by atoms with Crippen LogP contribution in [0, 0.1) is 0 Å². The minimum atomic E-state index is -1.88. The van der Waals surface area contributed by atoms with E-state index < -0.39 is 14.1 Å². The number of methoxy groups -OCH3 is 1. The van der Waals surface area contributed by atoms with Gasteiger partial charge < -0.3 is 10.5 Å². The quantitative estimate of drug-likeness (QED) is 0.509. The van der Waals surface area contributed by atoms with E-state index in [1.165, 1.54) is 12.3 Å². The minimum absolute atomic E-state index is 0.0207. The van der Waals surface area contributed by atoms with Crippen LogP contribution in [-0.2, 0) is 9.53 Å². The van der Waals surface area contributed by atoms with Crippen molar-refractivity contribution >= 4 is 19.2 Å². The summed E-state index contributed by atoms with van der Waals surface area (Å²) in [7, 11) is -0.504. The lowest BCUT2D eigenvalue weighted by atomic mass is 10.2. The predicted octanol–water partition coefficient (Wildman–Crippen LogP) is 2.05. The minimum Gasteiger partial charge on any atom is -0.468 e. The smallest absolute Gasteiger partial charge is 0.322 e. The molecule has 1 rings (SSSR count). The van der Waals surface area contributed by atoms with E-state index in [9.17, 15) is 4.79 Å². The molecule has 0 aliphatic carbocycles. The molecule has 0 aromatic heterocycles. The number of carbonyl (C=O) groups is 1. The number of allylic oxidation sites excluding steroid dienone is 1. The van der Waals surface area contributed by atoms with Crippen molar-refractivity contribution in [1.82, 2.24) is 0 Å². The van der Waals surface area contributed by atoms with Crippen LogP contribution in [0.5, 0.6) is 0 Å². The number of nitrogens with two attached hydrogens (primary N) is 1. The van der Waals surface area contributed by atoms with E-state index in [0.29, 0.717) is 0 Å². The van der Waals surface area contributed by atoms with Gasteiger partial charge in [0.05, 0.1) is 15.2 Å². The lowest BCUT2D eigenvalue weighted by Gasteiger charge is -2.33. The summed E-state index contributed by atoms with van der Waals surface area (Å²) in [5, 5.41) is 1.29. The predicted molar refractivity (Wildman–Crippen MR) is 82.1 cm³/mol. The number of hydrogen-bond acceptors (Lipinski definition) is 3. The van der Waals surface area contributed by atoms with Gasteiger partial charge in [-0.1, -0.05) is 60.8 Å². The molecule has 0 spiro atoms. The van der Waals surface area contributed by atoms with E-state index in [1.54, 1.807) is 0 Å². The lowest BCUT2D eigenvalue weighted by molar-refractivity contribution is -0.142. The van der Waals surface area contributed by atoms with Gasteiger partial charge in [-0.05, 0) is 6.92 Å². The Bertz CT molecular complexity index is 443. The first-order valence-corrected chi connectivity index (χ1v) is 9.54. The normalized spacial score (nSPS) is 15.2. The lowest BCUT2D eigenvalue weighted by Crippen LogP contribution is -2.53. The van der Waals surface area contributed by atoms with Gasteiger partial charge in [0.15, 0.2) is 0 Å². The maximum absolute atomic E-state index is 11.7. The fourth-order valence-corrected chi connectivity index (χ4v) is 5.50. The van der Waals surface area contributed by atoms with Crippen molar-refractivity contribution in [2.24, 2.45) is 5.73 Å². The van der Waals surface area contributed by atoms with E-state index in [-0.39, 0.29) is 11.5 Å². The third kappa shape index (κ3) is 3.55. The van der Waals surface area contributed by atoms with Crippen molar-refractivity contribution in [3.8, 4) is 0 Å². The van der Waals surface area contributed by atoms with Crippen LogP contribution in [0.1, 0.15) is 6.92 Å². The highest BCUT2D eigenvalue weighted by Crippen LogP contribution is 2.27. The molecule has 0 radical (unpaired) electrons. The molecule has 0 bridgehead atoms. The SMILES string of the molecule is C/C=C/[C@@H](C(N)C(=O)OC)[Si](C)(C)c1ccccc1. The largest absolute Gasteiger partial charge is 0.468 e. The molecular weight excluding hydrogens is 254 g/mol. The number of rotatable bonds is 5. The third-order valence-electron chi connectivity index (χ3n) is 3.61. The molecule has 0 amide bonds. The Kier molecular flexibility index (Phi) is 5.51. The summed E-state index contributed by atoms with van der Waals surface area (Å²) in [6.45, 7) is 6.41. The molecule has 2 atom stereocenters.